The molecule has 3 rings (SSSR count). The Morgan fingerprint density at radius 2 is 1.56 bits per heavy atom. The first-order valence-electron chi connectivity index (χ1n) is 8.07. The monoisotopic (exact) mass is 364 g/mol. The second kappa shape index (κ2) is 7.86. The van der Waals surface area contributed by atoms with Gasteiger partial charge in [0.25, 0.3) is 0 Å². The van der Waals surface area contributed by atoms with Gasteiger partial charge in [0.1, 0.15) is 21.6 Å². The van der Waals surface area contributed by atoms with Gasteiger partial charge in [-0.2, -0.15) is 0 Å². The number of anilines is 1. The molecule has 6 nitrogen and oxygen atoms in total. The number of nitrogen functional groups attached to an aromatic ring is 1. The fraction of sp³-hybridized carbons (Fsp3) is 0.333. The first-order chi connectivity index (χ1) is 11.4. The van der Waals surface area contributed by atoms with E-state index in [0.29, 0.717) is 11.7 Å². The van der Waals surface area contributed by atoms with Crippen LogP contribution < -0.4 is 16.6 Å². The minimum absolute atomic E-state index is 0. The molecule has 0 aromatic heterocycles. The van der Waals surface area contributed by atoms with Crippen LogP contribution in [0.15, 0.2) is 47.4 Å². The van der Waals surface area contributed by atoms with Gasteiger partial charge in [-0.1, -0.05) is 31.4 Å². The summed E-state index contributed by atoms with van der Waals surface area (Å²) in [7, 11) is -4.62. The van der Waals surface area contributed by atoms with Gasteiger partial charge in [0.2, 0.25) is 0 Å². The lowest BCUT2D eigenvalue weighted by Gasteiger charge is -2.22. The predicted molar refractivity (Wildman–Crippen MR) is 97.1 cm³/mol. The maximum atomic E-state index is 11.2. The second-order valence-electron chi connectivity index (χ2n) is 6.16. The molecule has 0 aliphatic heterocycles. The van der Waals surface area contributed by atoms with Crippen LogP contribution in [-0.2, 0) is 10.1 Å². The molecule has 1 fully saturated rings. The Morgan fingerprint density at radius 1 is 0.960 bits per heavy atom. The molecule has 0 spiro atoms. The summed E-state index contributed by atoms with van der Waals surface area (Å²) in [5, 5.41) is 0. The number of ether oxygens (including phenoxy) is 1. The van der Waals surface area contributed by atoms with E-state index in [1.807, 2.05) is 24.3 Å². The maximum absolute atomic E-state index is 11.2. The molecule has 0 atom stereocenters. The van der Waals surface area contributed by atoms with Crippen molar-refractivity contribution < 1.29 is 17.7 Å². The van der Waals surface area contributed by atoms with Crippen molar-refractivity contribution in [1.82, 2.24) is 6.15 Å². The van der Waals surface area contributed by atoms with Crippen molar-refractivity contribution in [2.24, 2.45) is 0 Å². The average Bonchev–Trinajstić information content (AvgIpc) is 2.57. The number of hydrogen-bond donors (Lipinski definition) is 2. The predicted octanol–water partition coefficient (Wildman–Crippen LogP) is 4.39. The molecule has 136 valence electrons. The summed E-state index contributed by atoms with van der Waals surface area (Å²) in [4.78, 5) is -0.459. The van der Waals surface area contributed by atoms with Crippen molar-refractivity contribution in [3.05, 3.63) is 48.0 Å². The summed E-state index contributed by atoms with van der Waals surface area (Å²) >= 11 is 0. The topological polar surface area (TPSA) is 129 Å². The Bertz CT molecular complexity index is 813. The molecule has 1 saturated carbocycles. The number of quaternary nitrogens is 1. The Hall–Kier alpha value is -2.09. The molecular weight excluding hydrogens is 340 g/mol. The fourth-order valence-corrected chi connectivity index (χ4v) is 3.79. The van der Waals surface area contributed by atoms with Gasteiger partial charge in [0.05, 0.1) is 4.90 Å². The van der Waals surface area contributed by atoms with Crippen LogP contribution in [0, 0.1) is 0 Å². The van der Waals surface area contributed by atoms with E-state index in [1.165, 1.54) is 43.7 Å². The van der Waals surface area contributed by atoms with Gasteiger partial charge in [0.15, 0.2) is 0 Å². The molecule has 2 aromatic carbocycles. The normalized spacial score (nSPS) is 15.4. The Labute approximate surface area is 148 Å². The molecule has 0 radical (unpaired) electrons. The SMILES string of the molecule is Nc1ccc(Oc2ccc(C3CCCCC3)cc2)cc1S(=O)(=O)[O-].[NH4+]. The first kappa shape index (κ1) is 19.2. The van der Waals surface area contributed by atoms with E-state index in [1.54, 1.807) is 6.07 Å². The summed E-state index contributed by atoms with van der Waals surface area (Å²) < 4.78 is 39.2. The number of nitrogens with two attached hydrogens (primary N) is 1. The lowest BCUT2D eigenvalue weighted by molar-refractivity contribution is 0.442. The van der Waals surface area contributed by atoms with Crippen molar-refractivity contribution in [2.75, 3.05) is 5.73 Å². The molecule has 7 heteroatoms. The van der Waals surface area contributed by atoms with Gasteiger partial charge in [-0.15, -0.1) is 0 Å². The summed E-state index contributed by atoms with van der Waals surface area (Å²) in [6.07, 6.45) is 6.33. The van der Waals surface area contributed by atoms with Crippen molar-refractivity contribution in [1.29, 1.82) is 0 Å². The Morgan fingerprint density at radius 3 is 2.16 bits per heavy atom. The molecule has 2 aromatic rings. The van der Waals surface area contributed by atoms with Gasteiger partial charge >= 0.3 is 0 Å². The zero-order chi connectivity index (χ0) is 17.2. The standard InChI is InChI=1S/C18H21NO4S.H3N/c19-17-11-10-16(12-18(17)24(20,21)22)23-15-8-6-14(7-9-15)13-4-2-1-3-5-13;/h6-13H,1-5,19H2,(H,20,21,22);1H3. The van der Waals surface area contributed by atoms with Crippen LogP contribution in [0.1, 0.15) is 43.6 Å². The second-order valence-corrected chi connectivity index (χ2v) is 7.51. The van der Waals surface area contributed by atoms with Crippen LogP contribution in [-0.4, -0.2) is 13.0 Å². The summed E-state index contributed by atoms with van der Waals surface area (Å²) in [6, 6.07) is 11.9. The smallest absolute Gasteiger partial charge is 0.128 e. The highest BCUT2D eigenvalue weighted by Crippen LogP contribution is 2.34. The number of hydrogen-bond acceptors (Lipinski definition) is 5. The van der Waals surface area contributed by atoms with Crippen molar-refractivity contribution in [3.8, 4) is 11.5 Å². The van der Waals surface area contributed by atoms with Crippen LogP contribution in [0.25, 0.3) is 0 Å². The van der Waals surface area contributed by atoms with E-state index in [2.05, 4.69) is 0 Å². The highest BCUT2D eigenvalue weighted by atomic mass is 32.2. The van der Waals surface area contributed by atoms with E-state index in [4.69, 9.17) is 10.5 Å². The van der Waals surface area contributed by atoms with Gasteiger partial charge in [-0.05, 0) is 48.6 Å². The molecule has 0 amide bonds. The van der Waals surface area contributed by atoms with Crippen LogP contribution >= 0.6 is 0 Å². The van der Waals surface area contributed by atoms with Crippen molar-refractivity contribution >= 4 is 15.8 Å². The third kappa shape index (κ3) is 4.72. The van der Waals surface area contributed by atoms with E-state index in [-0.39, 0.29) is 17.6 Å². The Kier molecular flexibility index (Phi) is 6.05. The molecule has 0 bridgehead atoms. The minimum atomic E-state index is -4.62. The van der Waals surface area contributed by atoms with Crippen molar-refractivity contribution in [2.45, 2.75) is 42.9 Å². The summed E-state index contributed by atoms with van der Waals surface area (Å²) in [6.45, 7) is 0. The van der Waals surface area contributed by atoms with Gasteiger partial charge in [-0.25, -0.2) is 8.42 Å². The van der Waals surface area contributed by atoms with E-state index in [0.717, 1.165) is 6.07 Å². The van der Waals surface area contributed by atoms with Crippen LogP contribution in [0.5, 0.6) is 11.5 Å². The molecule has 1 aliphatic carbocycles. The largest absolute Gasteiger partial charge is 0.744 e. The molecule has 0 unspecified atom stereocenters. The number of benzene rings is 2. The summed E-state index contributed by atoms with van der Waals surface area (Å²) in [5.74, 6) is 1.47. The molecule has 0 heterocycles. The molecule has 6 N–H and O–H groups in total. The fourth-order valence-electron chi connectivity index (χ4n) is 3.17. The highest BCUT2D eigenvalue weighted by molar-refractivity contribution is 7.86. The van der Waals surface area contributed by atoms with Crippen molar-refractivity contribution in [3.63, 3.8) is 0 Å². The van der Waals surface area contributed by atoms with E-state index in [9.17, 15) is 13.0 Å². The third-order valence-electron chi connectivity index (χ3n) is 4.45. The van der Waals surface area contributed by atoms with Gasteiger partial charge in [0, 0.05) is 11.8 Å². The maximum Gasteiger partial charge on any atom is 0.128 e. The lowest BCUT2D eigenvalue weighted by Crippen LogP contribution is -2.04. The molecular formula is C18H24N2O4S. The third-order valence-corrected chi connectivity index (χ3v) is 5.34. The van der Waals surface area contributed by atoms with E-state index >= 15 is 0 Å². The molecule has 0 saturated heterocycles. The highest BCUT2D eigenvalue weighted by Gasteiger charge is 2.15. The molecule has 25 heavy (non-hydrogen) atoms. The average molecular weight is 364 g/mol. The van der Waals surface area contributed by atoms with E-state index < -0.39 is 15.0 Å². The summed E-state index contributed by atoms with van der Waals surface area (Å²) in [5.41, 5.74) is 6.77. The number of rotatable bonds is 4. The van der Waals surface area contributed by atoms with Crippen LogP contribution in [0.3, 0.4) is 0 Å². The lowest BCUT2D eigenvalue weighted by atomic mass is 9.84. The first-order valence-corrected chi connectivity index (χ1v) is 9.47. The van der Waals surface area contributed by atoms with Gasteiger partial charge < -0.3 is 21.2 Å². The zero-order valence-electron chi connectivity index (χ0n) is 14.3. The minimum Gasteiger partial charge on any atom is -0.744 e. The molecule has 1 aliphatic rings. The quantitative estimate of drug-likeness (QED) is 0.614. The zero-order valence-corrected chi connectivity index (χ0v) is 15.1. The van der Waals surface area contributed by atoms with Gasteiger partial charge in [-0.3, -0.25) is 0 Å². The van der Waals surface area contributed by atoms with Crippen LogP contribution in [0.2, 0.25) is 0 Å². The van der Waals surface area contributed by atoms with Crippen LogP contribution in [0.4, 0.5) is 5.69 Å². The Balaban J connectivity index is 0.00000225.